The van der Waals surface area contributed by atoms with Crippen molar-refractivity contribution < 1.29 is 21.9 Å². The lowest BCUT2D eigenvalue weighted by molar-refractivity contribution is 0.306. The Morgan fingerprint density at radius 3 is 2.67 bits per heavy atom. The molecule has 4 heterocycles. The Morgan fingerprint density at radius 2 is 1.91 bits per heavy atom. The molecule has 2 fully saturated rings. The molecule has 2 aliphatic rings. The monoisotopic (exact) mass is 629 g/mol. The standard InChI is InChI=1S/C29H30ClF2N7O3S/c30-23-16-20(7-8-24(23)42-18-19-5-3-6-21(31)15-19)26-25-27(33)34-29(32)35-28(25)39(36-26)22-9-13-38(17-22)43(40,41)14-4-12-37-10-1-2-11-37/h3-8,14-16,22H,1-2,9-13,17-18H2,(H2,33,34,35)/b14-4+. The molecule has 1 unspecified atom stereocenters. The summed E-state index contributed by atoms with van der Waals surface area (Å²) in [5.41, 5.74) is 7.89. The number of benzene rings is 2. The first kappa shape index (κ1) is 29.4. The van der Waals surface area contributed by atoms with Crippen LogP contribution in [0.1, 0.15) is 30.9 Å². The van der Waals surface area contributed by atoms with Crippen LogP contribution < -0.4 is 10.5 Å². The van der Waals surface area contributed by atoms with Gasteiger partial charge in [-0.2, -0.15) is 23.8 Å². The molecule has 2 aromatic heterocycles. The van der Waals surface area contributed by atoms with Gasteiger partial charge in [0, 0.05) is 30.6 Å². The van der Waals surface area contributed by atoms with Crippen LogP contribution in [0.25, 0.3) is 22.3 Å². The molecular weight excluding hydrogens is 600 g/mol. The SMILES string of the molecule is Nc1nc(F)nc2c1c(-c1ccc(OCc3cccc(F)c3)c(Cl)c1)nn2C1CCN(S(=O)(=O)/C=C/CN2CCCC2)C1. The Labute approximate surface area is 252 Å². The summed E-state index contributed by atoms with van der Waals surface area (Å²) in [6.07, 6.45) is 3.39. The van der Waals surface area contributed by atoms with E-state index in [1.807, 2.05) is 0 Å². The highest BCUT2D eigenvalue weighted by molar-refractivity contribution is 7.92. The molecular formula is C29H30ClF2N7O3S. The van der Waals surface area contributed by atoms with Gasteiger partial charge in [-0.1, -0.05) is 29.8 Å². The van der Waals surface area contributed by atoms with Gasteiger partial charge in [0.15, 0.2) is 5.65 Å². The molecule has 0 saturated carbocycles. The highest BCUT2D eigenvalue weighted by Crippen LogP contribution is 2.37. The van der Waals surface area contributed by atoms with Crippen molar-refractivity contribution in [3.8, 4) is 17.0 Å². The van der Waals surface area contributed by atoms with Gasteiger partial charge >= 0.3 is 6.08 Å². The third-order valence-electron chi connectivity index (χ3n) is 7.70. The van der Waals surface area contributed by atoms with E-state index < -0.39 is 22.1 Å². The zero-order chi connectivity index (χ0) is 30.1. The van der Waals surface area contributed by atoms with Gasteiger partial charge in [-0.15, -0.1) is 0 Å². The maximum atomic E-state index is 14.4. The van der Waals surface area contributed by atoms with Crippen molar-refractivity contribution in [3.05, 3.63) is 76.4 Å². The number of rotatable bonds is 9. The first-order valence-electron chi connectivity index (χ1n) is 14.0. The largest absolute Gasteiger partial charge is 0.487 e. The second-order valence-corrected chi connectivity index (χ2v) is 12.9. The molecule has 0 spiro atoms. The first-order chi connectivity index (χ1) is 20.7. The van der Waals surface area contributed by atoms with Crippen molar-refractivity contribution in [2.45, 2.75) is 31.9 Å². The lowest BCUT2D eigenvalue weighted by Crippen LogP contribution is -2.28. The average Bonchev–Trinajstić information content (AvgIpc) is 3.73. The van der Waals surface area contributed by atoms with Crippen LogP contribution in [0.5, 0.6) is 5.75 Å². The molecule has 1 atom stereocenters. The normalized spacial score (nSPS) is 18.3. The molecule has 226 valence electrons. The van der Waals surface area contributed by atoms with E-state index in [0.717, 1.165) is 25.9 Å². The predicted octanol–water partition coefficient (Wildman–Crippen LogP) is 4.77. The summed E-state index contributed by atoms with van der Waals surface area (Å²) in [5.74, 6) is -0.0834. The second kappa shape index (κ2) is 12.2. The molecule has 14 heteroatoms. The highest BCUT2D eigenvalue weighted by atomic mass is 35.5. The molecule has 2 aromatic carbocycles. The molecule has 0 bridgehead atoms. The maximum absolute atomic E-state index is 14.4. The molecule has 2 saturated heterocycles. The average molecular weight is 630 g/mol. The van der Waals surface area contributed by atoms with Crippen LogP contribution in [0, 0.1) is 11.9 Å². The maximum Gasteiger partial charge on any atom is 0.312 e. The Kier molecular flexibility index (Phi) is 8.32. The highest BCUT2D eigenvalue weighted by Gasteiger charge is 2.34. The fourth-order valence-corrected chi connectivity index (χ4v) is 7.03. The van der Waals surface area contributed by atoms with Crippen molar-refractivity contribution in [1.82, 2.24) is 29.0 Å². The lowest BCUT2D eigenvalue weighted by Gasteiger charge is -2.15. The van der Waals surface area contributed by atoms with E-state index in [1.165, 1.54) is 26.5 Å². The minimum absolute atomic E-state index is 0.0985. The van der Waals surface area contributed by atoms with Crippen molar-refractivity contribution in [1.29, 1.82) is 0 Å². The summed E-state index contributed by atoms with van der Waals surface area (Å²) in [7, 11) is -3.64. The van der Waals surface area contributed by atoms with Crippen LogP contribution in [0.15, 0.2) is 53.9 Å². The van der Waals surface area contributed by atoms with Crippen LogP contribution >= 0.6 is 11.6 Å². The third kappa shape index (κ3) is 6.35. The van der Waals surface area contributed by atoms with E-state index >= 15 is 0 Å². The van der Waals surface area contributed by atoms with Gasteiger partial charge < -0.3 is 10.5 Å². The number of nitrogens with zero attached hydrogens (tertiary/aromatic N) is 6. The van der Waals surface area contributed by atoms with Crippen molar-refractivity contribution in [2.24, 2.45) is 0 Å². The van der Waals surface area contributed by atoms with Crippen LogP contribution in [0.3, 0.4) is 0 Å². The third-order valence-corrected chi connectivity index (χ3v) is 9.59. The van der Waals surface area contributed by atoms with E-state index in [4.69, 9.17) is 27.2 Å². The van der Waals surface area contributed by atoms with Crippen molar-refractivity contribution in [3.63, 3.8) is 0 Å². The van der Waals surface area contributed by atoms with Gasteiger partial charge in [-0.3, -0.25) is 4.90 Å². The van der Waals surface area contributed by atoms with Gasteiger partial charge in [-0.05, 0) is 68.2 Å². The molecule has 0 amide bonds. The summed E-state index contributed by atoms with van der Waals surface area (Å²) >= 11 is 6.54. The van der Waals surface area contributed by atoms with E-state index in [-0.39, 0.29) is 42.0 Å². The smallest absolute Gasteiger partial charge is 0.312 e. The summed E-state index contributed by atoms with van der Waals surface area (Å²) < 4.78 is 62.7. The molecule has 6 rings (SSSR count). The Hall–Kier alpha value is -3.65. The van der Waals surface area contributed by atoms with Crippen molar-refractivity contribution >= 4 is 38.5 Å². The molecule has 2 aliphatic heterocycles. The Bertz CT molecular complexity index is 1790. The first-order valence-corrected chi connectivity index (χ1v) is 15.8. The quantitative estimate of drug-likeness (QED) is 0.263. The molecule has 10 nitrogen and oxygen atoms in total. The molecule has 0 radical (unpaired) electrons. The van der Waals surface area contributed by atoms with Gasteiger partial charge in [0.25, 0.3) is 0 Å². The van der Waals surface area contributed by atoms with E-state index in [9.17, 15) is 17.2 Å². The Morgan fingerprint density at radius 1 is 1.09 bits per heavy atom. The summed E-state index contributed by atoms with van der Waals surface area (Å²) in [6.45, 7) is 3.08. The number of sulfonamides is 1. The molecule has 2 N–H and O–H groups in total. The molecule has 0 aliphatic carbocycles. The number of fused-ring (bicyclic) bond motifs is 1. The lowest BCUT2D eigenvalue weighted by atomic mass is 10.1. The number of hydrogen-bond acceptors (Lipinski definition) is 8. The van der Waals surface area contributed by atoms with Gasteiger partial charge in [0.2, 0.25) is 10.0 Å². The fourth-order valence-electron chi connectivity index (χ4n) is 5.55. The Balaban J connectivity index is 1.25. The number of halogens is 3. The van der Waals surface area contributed by atoms with E-state index in [2.05, 4.69) is 14.9 Å². The summed E-state index contributed by atoms with van der Waals surface area (Å²) in [5, 5.41) is 6.60. The van der Waals surface area contributed by atoms with Gasteiger partial charge in [0.05, 0.1) is 16.5 Å². The summed E-state index contributed by atoms with van der Waals surface area (Å²) in [4.78, 5) is 9.90. The van der Waals surface area contributed by atoms with Crippen LogP contribution in [0.2, 0.25) is 5.02 Å². The number of nitrogen functional groups attached to an aromatic ring is 1. The number of anilines is 1. The topological polar surface area (TPSA) is 119 Å². The molecule has 4 aromatic rings. The van der Waals surface area contributed by atoms with E-state index in [1.54, 1.807) is 36.4 Å². The van der Waals surface area contributed by atoms with Crippen LogP contribution in [0.4, 0.5) is 14.6 Å². The van der Waals surface area contributed by atoms with Gasteiger partial charge in [-0.25, -0.2) is 17.5 Å². The number of nitrogens with two attached hydrogens (primary N) is 1. The van der Waals surface area contributed by atoms with Crippen LogP contribution in [-0.2, 0) is 16.6 Å². The zero-order valence-corrected chi connectivity index (χ0v) is 24.7. The number of hydrogen-bond donors (Lipinski definition) is 1. The summed E-state index contributed by atoms with van der Waals surface area (Å²) in [6, 6.07) is 10.7. The van der Waals surface area contributed by atoms with Gasteiger partial charge in [0.1, 0.15) is 29.7 Å². The number of likely N-dealkylation sites (tertiary alicyclic amines) is 1. The van der Waals surface area contributed by atoms with Crippen molar-refractivity contribution in [2.75, 3.05) is 38.5 Å². The number of ether oxygens (including phenoxy) is 1. The van der Waals surface area contributed by atoms with E-state index in [0.29, 0.717) is 40.9 Å². The second-order valence-electron chi connectivity index (χ2n) is 10.7. The minimum atomic E-state index is -3.64. The number of aromatic nitrogens is 4. The van der Waals surface area contributed by atoms with Crippen LogP contribution in [-0.4, -0.2) is 70.1 Å². The molecule has 43 heavy (non-hydrogen) atoms. The zero-order valence-electron chi connectivity index (χ0n) is 23.2. The minimum Gasteiger partial charge on any atom is -0.487 e. The fraction of sp³-hybridized carbons (Fsp3) is 0.345. The predicted molar refractivity (Wildman–Crippen MR) is 160 cm³/mol.